The number of carbonyl (C=O) groups is 1. The molecule has 0 aromatic carbocycles. The minimum Gasteiger partial charge on any atom is -0.465 e. The van der Waals surface area contributed by atoms with E-state index < -0.39 is 0 Å². The van der Waals surface area contributed by atoms with Gasteiger partial charge in [-0.05, 0) is 26.7 Å². The molecule has 19 heavy (non-hydrogen) atoms. The molecule has 1 N–H and O–H groups in total. The fraction of sp³-hybridized carbons (Fsp3) is 0.929. The fourth-order valence-corrected chi connectivity index (χ4v) is 3.10. The average Bonchev–Trinajstić information content (AvgIpc) is 2.43. The van der Waals surface area contributed by atoms with Crippen LogP contribution in [0.5, 0.6) is 0 Å². The highest BCUT2D eigenvalue weighted by Gasteiger charge is 2.36. The lowest BCUT2D eigenvalue weighted by molar-refractivity contribution is -0.145. The van der Waals surface area contributed by atoms with Gasteiger partial charge in [-0.2, -0.15) is 0 Å². The maximum atomic E-state index is 11.5. The summed E-state index contributed by atoms with van der Waals surface area (Å²) in [5, 5.41) is 3.41. The first-order valence-electron chi connectivity index (χ1n) is 7.48. The van der Waals surface area contributed by atoms with E-state index in [1.807, 2.05) is 6.92 Å². The molecule has 0 spiro atoms. The summed E-state index contributed by atoms with van der Waals surface area (Å²) in [6, 6.07) is 0. The number of piperidine rings is 1. The first-order chi connectivity index (χ1) is 9.14. The minimum atomic E-state index is -0.0896. The zero-order valence-corrected chi connectivity index (χ0v) is 12.3. The van der Waals surface area contributed by atoms with Gasteiger partial charge in [0.1, 0.15) is 0 Å². The van der Waals surface area contributed by atoms with Crippen LogP contribution in [0.2, 0.25) is 0 Å². The summed E-state index contributed by atoms with van der Waals surface area (Å²) in [5.41, 5.74) is 0.313. The van der Waals surface area contributed by atoms with Crippen molar-refractivity contribution in [2.24, 2.45) is 0 Å². The average molecular weight is 269 g/mol. The van der Waals surface area contributed by atoms with E-state index in [9.17, 15) is 4.79 Å². The molecule has 0 amide bonds. The zero-order chi connectivity index (χ0) is 13.7. The SMILES string of the molecule is CCOC(=O)CN1CCC(C)(N2CCNCC2)CC1. The molecule has 5 nitrogen and oxygen atoms in total. The van der Waals surface area contributed by atoms with Crippen LogP contribution >= 0.6 is 0 Å². The minimum absolute atomic E-state index is 0.0896. The largest absolute Gasteiger partial charge is 0.465 e. The molecule has 2 rings (SSSR count). The molecule has 2 saturated heterocycles. The van der Waals surface area contributed by atoms with Crippen LogP contribution in [-0.4, -0.2) is 73.7 Å². The number of hydrogen-bond donors (Lipinski definition) is 1. The third-order valence-corrected chi connectivity index (χ3v) is 4.47. The fourth-order valence-electron chi connectivity index (χ4n) is 3.10. The van der Waals surface area contributed by atoms with Crippen LogP contribution < -0.4 is 5.32 Å². The van der Waals surface area contributed by atoms with Gasteiger partial charge in [0, 0.05) is 44.8 Å². The summed E-state index contributed by atoms with van der Waals surface area (Å²) < 4.78 is 5.01. The van der Waals surface area contributed by atoms with Crippen molar-refractivity contribution in [3.05, 3.63) is 0 Å². The molecule has 5 heteroatoms. The van der Waals surface area contributed by atoms with Gasteiger partial charge in [-0.3, -0.25) is 14.6 Å². The van der Waals surface area contributed by atoms with Crippen LogP contribution in [0.25, 0.3) is 0 Å². The lowest BCUT2D eigenvalue weighted by Crippen LogP contribution is -2.59. The van der Waals surface area contributed by atoms with Crippen LogP contribution in [0, 0.1) is 0 Å². The summed E-state index contributed by atoms with van der Waals surface area (Å²) in [7, 11) is 0. The normalized spacial score (nSPS) is 25.2. The molecule has 0 aromatic heterocycles. The molecule has 0 unspecified atom stereocenters. The van der Waals surface area contributed by atoms with Gasteiger partial charge >= 0.3 is 5.97 Å². The number of rotatable bonds is 4. The second kappa shape index (κ2) is 6.68. The van der Waals surface area contributed by atoms with E-state index in [2.05, 4.69) is 22.0 Å². The molecule has 0 atom stereocenters. The molecule has 0 aromatic rings. The first kappa shape index (κ1) is 14.8. The molecule has 2 aliphatic rings. The Hall–Kier alpha value is -0.650. The molecule has 110 valence electrons. The monoisotopic (exact) mass is 269 g/mol. The van der Waals surface area contributed by atoms with Gasteiger partial charge in [0.05, 0.1) is 13.2 Å². The predicted molar refractivity (Wildman–Crippen MR) is 75.2 cm³/mol. The number of likely N-dealkylation sites (tertiary alicyclic amines) is 1. The molecule has 2 heterocycles. The molecule has 2 aliphatic heterocycles. The second-order valence-electron chi connectivity index (χ2n) is 5.82. The quantitative estimate of drug-likeness (QED) is 0.744. The number of nitrogens with zero attached hydrogens (tertiary/aromatic N) is 2. The van der Waals surface area contributed by atoms with Gasteiger partial charge in [-0.1, -0.05) is 0 Å². The molecule has 0 aliphatic carbocycles. The lowest BCUT2D eigenvalue weighted by Gasteiger charge is -2.48. The smallest absolute Gasteiger partial charge is 0.320 e. The van der Waals surface area contributed by atoms with Crippen molar-refractivity contribution < 1.29 is 9.53 Å². The number of esters is 1. The third-order valence-electron chi connectivity index (χ3n) is 4.47. The highest BCUT2D eigenvalue weighted by atomic mass is 16.5. The Morgan fingerprint density at radius 2 is 1.84 bits per heavy atom. The number of hydrogen-bond acceptors (Lipinski definition) is 5. The van der Waals surface area contributed by atoms with Crippen molar-refractivity contribution in [1.29, 1.82) is 0 Å². The van der Waals surface area contributed by atoms with Crippen molar-refractivity contribution in [3.63, 3.8) is 0 Å². The molecule has 0 saturated carbocycles. The molecule has 0 radical (unpaired) electrons. The van der Waals surface area contributed by atoms with Crippen molar-refractivity contribution in [3.8, 4) is 0 Å². The molecular weight excluding hydrogens is 242 g/mol. The highest BCUT2D eigenvalue weighted by Crippen LogP contribution is 2.28. The Bertz CT molecular complexity index is 295. The first-order valence-corrected chi connectivity index (χ1v) is 7.48. The van der Waals surface area contributed by atoms with Gasteiger partial charge in [-0.25, -0.2) is 0 Å². The topological polar surface area (TPSA) is 44.8 Å². The highest BCUT2D eigenvalue weighted by molar-refractivity contribution is 5.71. The Kier molecular flexibility index (Phi) is 5.19. The van der Waals surface area contributed by atoms with Crippen LogP contribution in [0.3, 0.4) is 0 Å². The Labute approximate surface area is 116 Å². The summed E-state index contributed by atoms with van der Waals surface area (Å²) >= 11 is 0. The predicted octanol–water partition coefficient (Wildman–Crippen LogP) is 0.309. The second-order valence-corrected chi connectivity index (χ2v) is 5.82. The maximum Gasteiger partial charge on any atom is 0.320 e. The summed E-state index contributed by atoms with van der Waals surface area (Å²) in [6.45, 7) is 11.7. The Morgan fingerprint density at radius 3 is 2.42 bits per heavy atom. The standard InChI is InChI=1S/C14H27N3O2/c1-3-19-13(18)12-16-8-4-14(2,5-9-16)17-10-6-15-7-11-17/h15H,3-12H2,1-2H3. The molecular formula is C14H27N3O2. The van der Waals surface area contributed by atoms with Crippen LogP contribution in [0.15, 0.2) is 0 Å². The number of piperazine rings is 1. The van der Waals surface area contributed by atoms with Crippen molar-refractivity contribution in [1.82, 2.24) is 15.1 Å². The number of nitrogens with one attached hydrogen (secondary N) is 1. The van der Waals surface area contributed by atoms with Crippen LogP contribution in [0.1, 0.15) is 26.7 Å². The van der Waals surface area contributed by atoms with Crippen molar-refractivity contribution >= 4 is 5.97 Å². The van der Waals surface area contributed by atoms with Crippen molar-refractivity contribution in [2.45, 2.75) is 32.2 Å². The number of carbonyl (C=O) groups excluding carboxylic acids is 1. The van der Waals surface area contributed by atoms with E-state index in [0.29, 0.717) is 18.7 Å². The lowest BCUT2D eigenvalue weighted by atomic mass is 9.87. The molecule has 0 bridgehead atoms. The van der Waals surface area contributed by atoms with Crippen molar-refractivity contribution in [2.75, 3.05) is 52.4 Å². The van der Waals surface area contributed by atoms with Crippen LogP contribution in [0.4, 0.5) is 0 Å². The van der Waals surface area contributed by atoms with Gasteiger partial charge in [0.15, 0.2) is 0 Å². The Balaban J connectivity index is 1.79. The van der Waals surface area contributed by atoms with E-state index in [1.54, 1.807) is 0 Å². The van der Waals surface area contributed by atoms with E-state index in [-0.39, 0.29) is 5.97 Å². The third kappa shape index (κ3) is 3.91. The van der Waals surface area contributed by atoms with Crippen LogP contribution in [-0.2, 0) is 9.53 Å². The van der Waals surface area contributed by atoms with Gasteiger partial charge in [0.2, 0.25) is 0 Å². The summed E-state index contributed by atoms with van der Waals surface area (Å²) in [6.07, 6.45) is 2.29. The zero-order valence-electron chi connectivity index (χ0n) is 12.3. The summed E-state index contributed by atoms with van der Waals surface area (Å²) in [4.78, 5) is 16.3. The summed E-state index contributed by atoms with van der Waals surface area (Å²) in [5.74, 6) is -0.0896. The van der Waals surface area contributed by atoms with E-state index in [1.165, 1.54) is 0 Å². The van der Waals surface area contributed by atoms with Gasteiger partial charge in [-0.15, -0.1) is 0 Å². The van der Waals surface area contributed by atoms with Gasteiger partial charge in [0.25, 0.3) is 0 Å². The van der Waals surface area contributed by atoms with Gasteiger partial charge < -0.3 is 10.1 Å². The number of ether oxygens (including phenoxy) is 1. The Morgan fingerprint density at radius 1 is 1.21 bits per heavy atom. The van der Waals surface area contributed by atoms with E-state index in [0.717, 1.165) is 52.1 Å². The molecule has 2 fully saturated rings. The van der Waals surface area contributed by atoms with E-state index in [4.69, 9.17) is 4.74 Å². The van der Waals surface area contributed by atoms with E-state index >= 15 is 0 Å². The maximum absolute atomic E-state index is 11.5.